The minimum atomic E-state index is 0.664. The smallest absolute Gasteiger partial charge is 0.00154 e. The van der Waals surface area contributed by atoms with Crippen LogP contribution in [0.25, 0.3) is 0 Å². The summed E-state index contributed by atoms with van der Waals surface area (Å²) in [5, 5.41) is 3.47. The second-order valence-electron chi connectivity index (χ2n) is 4.52. The zero-order valence-corrected chi connectivity index (χ0v) is 8.98. The van der Waals surface area contributed by atoms with Gasteiger partial charge in [-0.05, 0) is 36.8 Å². The minimum Gasteiger partial charge on any atom is -0.317 e. The molecule has 0 amide bonds. The Hall–Kier alpha value is -0.0400. The molecule has 1 rings (SSSR count). The molecule has 1 fully saturated rings. The second kappa shape index (κ2) is 3.78. The van der Waals surface area contributed by atoms with Gasteiger partial charge in [0.2, 0.25) is 0 Å². The molecule has 0 aliphatic heterocycles. The van der Waals surface area contributed by atoms with Gasteiger partial charge in [0.25, 0.3) is 0 Å². The molecule has 1 heteroatoms. The molecule has 1 aliphatic rings. The Morgan fingerprint density at radius 2 is 2.08 bits per heavy atom. The summed E-state index contributed by atoms with van der Waals surface area (Å²) in [4.78, 5) is 0. The van der Waals surface area contributed by atoms with E-state index in [1.54, 1.807) is 0 Å². The standard InChI is InChI=1S/C11H23N/c1-5-10(8-12-6-2)11(4)7-9(11)3/h9-10,12H,5-8H2,1-4H3. The third kappa shape index (κ3) is 1.82. The lowest BCUT2D eigenvalue weighted by atomic mass is 9.86. The van der Waals surface area contributed by atoms with Gasteiger partial charge in [-0.3, -0.25) is 0 Å². The van der Waals surface area contributed by atoms with E-state index in [1.165, 1.54) is 19.4 Å². The molecule has 1 nitrogen and oxygen atoms in total. The lowest BCUT2D eigenvalue weighted by Crippen LogP contribution is -2.28. The number of hydrogen-bond acceptors (Lipinski definition) is 1. The molecule has 3 atom stereocenters. The summed E-state index contributed by atoms with van der Waals surface area (Å²) in [7, 11) is 0. The fourth-order valence-corrected chi connectivity index (χ4v) is 2.33. The Labute approximate surface area is 76.9 Å². The first-order valence-corrected chi connectivity index (χ1v) is 5.35. The van der Waals surface area contributed by atoms with Gasteiger partial charge < -0.3 is 5.32 Å². The molecule has 0 heterocycles. The molecule has 1 saturated carbocycles. The highest BCUT2D eigenvalue weighted by Gasteiger charge is 2.50. The summed E-state index contributed by atoms with van der Waals surface area (Å²) in [6.45, 7) is 11.7. The molecular weight excluding hydrogens is 146 g/mol. The molecule has 1 aliphatic carbocycles. The van der Waals surface area contributed by atoms with E-state index in [1.807, 2.05) is 0 Å². The topological polar surface area (TPSA) is 12.0 Å². The van der Waals surface area contributed by atoms with Crippen molar-refractivity contribution in [2.75, 3.05) is 13.1 Å². The van der Waals surface area contributed by atoms with E-state index in [9.17, 15) is 0 Å². The molecule has 0 aromatic heterocycles. The second-order valence-corrected chi connectivity index (χ2v) is 4.52. The van der Waals surface area contributed by atoms with Gasteiger partial charge in [-0.2, -0.15) is 0 Å². The van der Waals surface area contributed by atoms with E-state index in [4.69, 9.17) is 0 Å². The van der Waals surface area contributed by atoms with E-state index in [0.717, 1.165) is 18.4 Å². The van der Waals surface area contributed by atoms with Crippen molar-refractivity contribution < 1.29 is 0 Å². The van der Waals surface area contributed by atoms with Crippen LogP contribution < -0.4 is 5.32 Å². The molecule has 0 radical (unpaired) electrons. The summed E-state index contributed by atoms with van der Waals surface area (Å²) in [6, 6.07) is 0. The normalized spacial score (nSPS) is 36.5. The average molecular weight is 169 g/mol. The van der Waals surface area contributed by atoms with Crippen molar-refractivity contribution >= 4 is 0 Å². The summed E-state index contributed by atoms with van der Waals surface area (Å²) in [6.07, 6.45) is 2.77. The number of nitrogens with one attached hydrogen (secondary N) is 1. The molecule has 12 heavy (non-hydrogen) atoms. The lowest BCUT2D eigenvalue weighted by Gasteiger charge is -2.23. The Morgan fingerprint density at radius 3 is 2.42 bits per heavy atom. The highest BCUT2D eigenvalue weighted by molar-refractivity contribution is 5.00. The van der Waals surface area contributed by atoms with Gasteiger partial charge in [0.1, 0.15) is 0 Å². The first kappa shape index (κ1) is 10.0. The Kier molecular flexibility index (Phi) is 3.16. The van der Waals surface area contributed by atoms with Crippen LogP contribution in [0.2, 0.25) is 0 Å². The number of rotatable bonds is 5. The van der Waals surface area contributed by atoms with E-state index in [0.29, 0.717) is 5.41 Å². The predicted molar refractivity (Wildman–Crippen MR) is 54.2 cm³/mol. The van der Waals surface area contributed by atoms with Crippen LogP contribution >= 0.6 is 0 Å². The third-order valence-electron chi connectivity index (χ3n) is 3.78. The van der Waals surface area contributed by atoms with Gasteiger partial charge in [-0.1, -0.05) is 34.1 Å². The predicted octanol–water partition coefficient (Wildman–Crippen LogP) is 2.67. The molecule has 72 valence electrons. The van der Waals surface area contributed by atoms with Gasteiger partial charge >= 0.3 is 0 Å². The number of hydrogen-bond donors (Lipinski definition) is 1. The van der Waals surface area contributed by atoms with Crippen molar-refractivity contribution in [1.29, 1.82) is 0 Å². The van der Waals surface area contributed by atoms with Crippen LogP contribution in [-0.4, -0.2) is 13.1 Å². The molecule has 3 unspecified atom stereocenters. The Balaban J connectivity index is 2.35. The van der Waals surface area contributed by atoms with Crippen LogP contribution in [0.1, 0.15) is 40.5 Å². The van der Waals surface area contributed by atoms with Gasteiger partial charge in [-0.25, -0.2) is 0 Å². The van der Waals surface area contributed by atoms with Crippen molar-refractivity contribution in [1.82, 2.24) is 5.32 Å². The highest BCUT2D eigenvalue weighted by atomic mass is 14.9. The maximum Gasteiger partial charge on any atom is -0.00154 e. The first-order chi connectivity index (χ1) is 5.65. The van der Waals surface area contributed by atoms with Crippen LogP contribution in [0, 0.1) is 17.3 Å². The maximum absolute atomic E-state index is 3.47. The van der Waals surface area contributed by atoms with Gasteiger partial charge in [-0.15, -0.1) is 0 Å². The summed E-state index contributed by atoms with van der Waals surface area (Å²) >= 11 is 0. The monoisotopic (exact) mass is 169 g/mol. The molecule has 0 aromatic rings. The van der Waals surface area contributed by atoms with Gasteiger partial charge in [0, 0.05) is 0 Å². The zero-order valence-electron chi connectivity index (χ0n) is 8.98. The minimum absolute atomic E-state index is 0.664. The van der Waals surface area contributed by atoms with E-state index in [2.05, 4.69) is 33.0 Å². The average Bonchev–Trinajstić information content (AvgIpc) is 2.62. The molecule has 0 saturated heterocycles. The lowest BCUT2D eigenvalue weighted by molar-refractivity contribution is 0.291. The fraction of sp³-hybridized carbons (Fsp3) is 1.00. The van der Waals surface area contributed by atoms with Gasteiger partial charge in [0.15, 0.2) is 0 Å². The third-order valence-corrected chi connectivity index (χ3v) is 3.78. The first-order valence-electron chi connectivity index (χ1n) is 5.35. The van der Waals surface area contributed by atoms with E-state index in [-0.39, 0.29) is 0 Å². The van der Waals surface area contributed by atoms with Gasteiger partial charge in [0.05, 0.1) is 0 Å². The van der Waals surface area contributed by atoms with E-state index >= 15 is 0 Å². The van der Waals surface area contributed by atoms with E-state index < -0.39 is 0 Å². The maximum atomic E-state index is 3.47. The Morgan fingerprint density at radius 1 is 1.50 bits per heavy atom. The van der Waals surface area contributed by atoms with Crippen LogP contribution in [0.15, 0.2) is 0 Å². The van der Waals surface area contributed by atoms with Crippen molar-refractivity contribution in [3.05, 3.63) is 0 Å². The zero-order chi connectivity index (χ0) is 9.19. The molecular formula is C11H23N. The van der Waals surface area contributed by atoms with Crippen LogP contribution in [0.4, 0.5) is 0 Å². The van der Waals surface area contributed by atoms with Crippen molar-refractivity contribution in [3.63, 3.8) is 0 Å². The molecule has 0 bridgehead atoms. The summed E-state index contributed by atoms with van der Waals surface area (Å²) in [5.74, 6) is 1.86. The highest BCUT2D eigenvalue weighted by Crippen LogP contribution is 2.57. The van der Waals surface area contributed by atoms with Crippen molar-refractivity contribution in [3.8, 4) is 0 Å². The Bertz CT molecular complexity index is 144. The fourth-order valence-electron chi connectivity index (χ4n) is 2.33. The van der Waals surface area contributed by atoms with Crippen molar-refractivity contribution in [2.24, 2.45) is 17.3 Å². The summed E-state index contributed by atoms with van der Waals surface area (Å²) < 4.78 is 0. The van der Waals surface area contributed by atoms with Crippen LogP contribution in [0.3, 0.4) is 0 Å². The molecule has 1 N–H and O–H groups in total. The van der Waals surface area contributed by atoms with Crippen LogP contribution in [0.5, 0.6) is 0 Å². The summed E-state index contributed by atoms with van der Waals surface area (Å²) in [5.41, 5.74) is 0.664. The van der Waals surface area contributed by atoms with Crippen LogP contribution in [-0.2, 0) is 0 Å². The largest absolute Gasteiger partial charge is 0.317 e. The molecule has 0 aromatic carbocycles. The molecule has 0 spiro atoms. The van der Waals surface area contributed by atoms with Crippen molar-refractivity contribution in [2.45, 2.75) is 40.5 Å². The quantitative estimate of drug-likeness (QED) is 0.667. The SMILES string of the molecule is CCNCC(CC)C1(C)CC1C.